The first kappa shape index (κ1) is 14.8. The van der Waals surface area contributed by atoms with Crippen LogP contribution in [0.15, 0.2) is 39.9 Å². The molecule has 0 saturated carbocycles. The molecule has 3 aromatic rings. The van der Waals surface area contributed by atoms with E-state index in [1.807, 2.05) is 25.1 Å². The van der Waals surface area contributed by atoms with Crippen molar-refractivity contribution in [3.63, 3.8) is 0 Å². The fraction of sp³-hybridized carbons (Fsp3) is 0.278. The lowest BCUT2D eigenvalue weighted by Crippen LogP contribution is -2.32. The maximum Gasteiger partial charge on any atom is 0.220 e. The van der Waals surface area contributed by atoms with Crippen LogP contribution in [0.4, 0.5) is 5.95 Å². The minimum atomic E-state index is 0.0410. The topological polar surface area (TPSA) is 85.2 Å². The predicted molar refractivity (Wildman–Crippen MR) is 91.5 cm³/mol. The van der Waals surface area contributed by atoms with Crippen LogP contribution in [0.1, 0.15) is 22.4 Å². The molecule has 1 aliphatic rings. The molecule has 4 rings (SSSR count). The number of nitrogens with two attached hydrogens (primary N) is 1. The molecular formula is C18H18N4O2. The first-order valence-electron chi connectivity index (χ1n) is 7.94. The highest BCUT2D eigenvalue weighted by molar-refractivity contribution is 5.77. The summed E-state index contributed by atoms with van der Waals surface area (Å²) in [4.78, 5) is 23.3. The van der Waals surface area contributed by atoms with Crippen molar-refractivity contribution < 1.29 is 4.42 Å². The van der Waals surface area contributed by atoms with Gasteiger partial charge in [-0.3, -0.25) is 9.69 Å². The molecule has 6 nitrogen and oxygen atoms in total. The molecule has 0 radical (unpaired) electrons. The van der Waals surface area contributed by atoms with Gasteiger partial charge >= 0.3 is 0 Å². The number of hydrogen-bond donors (Lipinski definition) is 1. The maximum absolute atomic E-state index is 12.7. The van der Waals surface area contributed by atoms with E-state index < -0.39 is 0 Å². The number of nitrogen functional groups attached to an aromatic ring is 1. The minimum absolute atomic E-state index is 0.0410. The number of anilines is 1. The second-order valence-corrected chi connectivity index (χ2v) is 6.25. The molecule has 2 N–H and O–H groups in total. The zero-order valence-electron chi connectivity index (χ0n) is 13.5. The van der Waals surface area contributed by atoms with Crippen molar-refractivity contribution in [2.75, 3.05) is 12.3 Å². The Morgan fingerprint density at radius 3 is 3.12 bits per heavy atom. The largest absolute Gasteiger partial charge is 0.464 e. The molecule has 2 aromatic heterocycles. The first-order chi connectivity index (χ1) is 11.6. The Morgan fingerprint density at radius 1 is 1.38 bits per heavy atom. The molecule has 1 aromatic carbocycles. The lowest BCUT2D eigenvalue weighted by Gasteiger charge is -2.27. The van der Waals surface area contributed by atoms with Crippen LogP contribution in [-0.2, 0) is 19.5 Å². The van der Waals surface area contributed by atoms with Gasteiger partial charge in [0.25, 0.3) is 0 Å². The number of aromatic nitrogens is 2. The standard InChI is InChI=1S/C18H18N4O2/c1-11-2-3-16-14(6-11)17(23)13(10-24-16)9-22-5-4-15-12(8-22)7-20-18(19)21-15/h2-3,6-7,10H,4-5,8-9H2,1H3,(H2,19,20,21). The van der Waals surface area contributed by atoms with Crippen molar-refractivity contribution >= 4 is 16.9 Å². The fourth-order valence-corrected chi connectivity index (χ4v) is 3.16. The van der Waals surface area contributed by atoms with E-state index in [1.54, 1.807) is 12.5 Å². The van der Waals surface area contributed by atoms with Crippen molar-refractivity contribution in [2.45, 2.75) is 26.4 Å². The molecule has 0 aliphatic carbocycles. The first-order valence-corrected chi connectivity index (χ1v) is 7.94. The van der Waals surface area contributed by atoms with Crippen LogP contribution in [0.2, 0.25) is 0 Å². The van der Waals surface area contributed by atoms with E-state index in [9.17, 15) is 4.79 Å². The summed E-state index contributed by atoms with van der Waals surface area (Å²) in [6.45, 7) is 4.06. The highest BCUT2D eigenvalue weighted by atomic mass is 16.3. The SMILES string of the molecule is Cc1ccc2occ(CN3CCc4nc(N)ncc4C3)c(=O)c2c1. The number of hydrogen-bond acceptors (Lipinski definition) is 6. The van der Waals surface area contributed by atoms with Gasteiger partial charge in [0.15, 0.2) is 5.43 Å². The Morgan fingerprint density at radius 2 is 2.25 bits per heavy atom. The molecule has 0 fully saturated rings. The van der Waals surface area contributed by atoms with Gasteiger partial charge in [0.1, 0.15) is 5.58 Å². The lowest BCUT2D eigenvalue weighted by atomic mass is 10.1. The maximum atomic E-state index is 12.7. The quantitative estimate of drug-likeness (QED) is 0.777. The van der Waals surface area contributed by atoms with Crippen molar-refractivity contribution in [3.8, 4) is 0 Å². The molecule has 6 heteroatoms. The van der Waals surface area contributed by atoms with Gasteiger partial charge in [-0.05, 0) is 19.1 Å². The summed E-state index contributed by atoms with van der Waals surface area (Å²) in [6.07, 6.45) is 4.16. The van der Waals surface area contributed by atoms with E-state index in [-0.39, 0.29) is 5.43 Å². The zero-order chi connectivity index (χ0) is 16.7. The average Bonchev–Trinajstić information content (AvgIpc) is 2.58. The number of fused-ring (bicyclic) bond motifs is 2. The lowest BCUT2D eigenvalue weighted by molar-refractivity contribution is 0.240. The Hall–Kier alpha value is -2.73. The summed E-state index contributed by atoms with van der Waals surface area (Å²) < 4.78 is 5.64. The van der Waals surface area contributed by atoms with Crippen molar-refractivity contribution in [1.29, 1.82) is 0 Å². The Bertz CT molecular complexity index is 980. The highest BCUT2D eigenvalue weighted by Crippen LogP contribution is 2.19. The van der Waals surface area contributed by atoms with Crippen LogP contribution in [0.3, 0.4) is 0 Å². The summed E-state index contributed by atoms with van der Waals surface area (Å²) in [5.41, 5.74) is 10.1. The third-order valence-corrected chi connectivity index (χ3v) is 4.43. The van der Waals surface area contributed by atoms with Gasteiger partial charge in [-0.15, -0.1) is 0 Å². The van der Waals surface area contributed by atoms with Gasteiger partial charge in [-0.1, -0.05) is 11.6 Å². The fourth-order valence-electron chi connectivity index (χ4n) is 3.16. The number of rotatable bonds is 2. The molecule has 1 aliphatic heterocycles. The molecule has 0 spiro atoms. The number of nitrogens with zero attached hydrogens (tertiary/aromatic N) is 3. The van der Waals surface area contributed by atoms with Crippen molar-refractivity contribution in [3.05, 3.63) is 63.3 Å². The summed E-state index contributed by atoms with van der Waals surface area (Å²) in [7, 11) is 0. The van der Waals surface area contributed by atoms with E-state index in [0.717, 1.165) is 29.8 Å². The summed E-state index contributed by atoms with van der Waals surface area (Å²) in [6, 6.07) is 5.67. The number of aryl methyl sites for hydroxylation is 1. The van der Waals surface area contributed by atoms with E-state index >= 15 is 0 Å². The van der Waals surface area contributed by atoms with Crippen LogP contribution in [-0.4, -0.2) is 21.4 Å². The molecule has 0 atom stereocenters. The third kappa shape index (κ3) is 2.65. The van der Waals surface area contributed by atoms with Gasteiger partial charge in [0.05, 0.1) is 17.3 Å². The average molecular weight is 322 g/mol. The second-order valence-electron chi connectivity index (χ2n) is 6.25. The van der Waals surface area contributed by atoms with E-state index in [4.69, 9.17) is 10.2 Å². The van der Waals surface area contributed by atoms with Crippen LogP contribution in [0, 0.1) is 6.92 Å². The number of benzene rings is 1. The van der Waals surface area contributed by atoms with Crippen LogP contribution in [0.5, 0.6) is 0 Å². The van der Waals surface area contributed by atoms with Crippen molar-refractivity contribution in [1.82, 2.24) is 14.9 Å². The molecule has 0 bridgehead atoms. The van der Waals surface area contributed by atoms with Gasteiger partial charge in [0, 0.05) is 43.4 Å². The summed E-state index contributed by atoms with van der Waals surface area (Å²) in [5, 5.41) is 0.640. The third-order valence-electron chi connectivity index (χ3n) is 4.43. The molecule has 122 valence electrons. The van der Waals surface area contributed by atoms with E-state index in [2.05, 4.69) is 14.9 Å². The van der Waals surface area contributed by atoms with Gasteiger partial charge in [0.2, 0.25) is 5.95 Å². The Kier molecular flexibility index (Phi) is 3.54. The highest BCUT2D eigenvalue weighted by Gasteiger charge is 2.19. The summed E-state index contributed by atoms with van der Waals surface area (Å²) >= 11 is 0. The van der Waals surface area contributed by atoms with Crippen molar-refractivity contribution in [2.24, 2.45) is 0 Å². The predicted octanol–water partition coefficient (Wildman–Crippen LogP) is 2.03. The summed E-state index contributed by atoms with van der Waals surface area (Å²) in [5.74, 6) is 0.313. The van der Waals surface area contributed by atoms with Crippen LogP contribution >= 0.6 is 0 Å². The molecule has 0 amide bonds. The molecule has 3 heterocycles. The van der Waals surface area contributed by atoms with E-state index in [0.29, 0.717) is 35.6 Å². The monoisotopic (exact) mass is 322 g/mol. The molecular weight excluding hydrogens is 304 g/mol. The van der Waals surface area contributed by atoms with E-state index in [1.165, 1.54) is 0 Å². The normalized spacial score (nSPS) is 14.7. The van der Waals surface area contributed by atoms with Crippen LogP contribution in [0.25, 0.3) is 11.0 Å². The molecule has 0 unspecified atom stereocenters. The zero-order valence-corrected chi connectivity index (χ0v) is 13.5. The van der Waals surface area contributed by atoms with Gasteiger partial charge in [-0.2, -0.15) is 0 Å². The second kappa shape index (κ2) is 5.72. The smallest absolute Gasteiger partial charge is 0.220 e. The Labute approximate surface area is 138 Å². The van der Waals surface area contributed by atoms with Crippen LogP contribution < -0.4 is 11.2 Å². The van der Waals surface area contributed by atoms with Gasteiger partial charge in [-0.25, -0.2) is 9.97 Å². The Balaban J connectivity index is 1.62. The molecule has 24 heavy (non-hydrogen) atoms. The van der Waals surface area contributed by atoms with Gasteiger partial charge < -0.3 is 10.2 Å². The molecule has 0 saturated heterocycles. The minimum Gasteiger partial charge on any atom is -0.464 e.